The van der Waals surface area contributed by atoms with Crippen molar-refractivity contribution in [1.82, 2.24) is 0 Å². The lowest BCUT2D eigenvalue weighted by molar-refractivity contribution is 0.337. The zero-order chi connectivity index (χ0) is 91.8. The number of phenols is 1. The Bertz CT molecular complexity index is 6500. The molecule has 660 valence electrons. The minimum atomic E-state index is -4.18. The van der Waals surface area contributed by atoms with Gasteiger partial charge in [-0.1, -0.05) is 112 Å². The second-order valence-electron chi connectivity index (χ2n) is 25.3. The van der Waals surface area contributed by atoms with Gasteiger partial charge in [-0.2, -0.15) is 0 Å². The molecule has 0 radical (unpaired) electrons. The van der Waals surface area contributed by atoms with Gasteiger partial charge in [-0.3, -0.25) is 28.3 Å². The molecule has 7 N–H and O–H groups in total. The molecule has 0 atom stereocenters. The van der Waals surface area contributed by atoms with Crippen molar-refractivity contribution in [3.05, 3.63) is 317 Å². The van der Waals surface area contributed by atoms with Crippen molar-refractivity contribution in [2.24, 2.45) is 0 Å². The van der Waals surface area contributed by atoms with Crippen molar-refractivity contribution in [2.75, 3.05) is 62.9 Å². The quantitative estimate of drug-likeness (QED) is 0.0206. The smallest absolute Gasteiger partial charge is 0.265 e. The van der Waals surface area contributed by atoms with Crippen molar-refractivity contribution < 1.29 is 96.9 Å². The van der Waals surface area contributed by atoms with Gasteiger partial charge in [0, 0.05) is 37.2 Å². The summed E-state index contributed by atoms with van der Waals surface area (Å²) in [5.74, 6) is -1.67. The van der Waals surface area contributed by atoms with Crippen LogP contribution in [0.4, 0.5) is 51.7 Å². The Labute approximate surface area is 751 Å². The zero-order valence-corrected chi connectivity index (χ0v) is 76.6. The fourth-order valence-corrected chi connectivity index (χ4v) is 19.1. The highest BCUT2D eigenvalue weighted by Gasteiger charge is 2.26. The number of hydrogen-bond donors (Lipinski definition) is 7. The summed E-state index contributed by atoms with van der Waals surface area (Å²) in [5.41, 5.74) is 3.86. The average Bonchev–Trinajstić information content (AvgIpc) is 0.774. The number of aromatic hydroxyl groups is 1. The molecule has 12 aromatic rings. The number of para-hydroxylation sites is 2. The Balaban J connectivity index is 0.000000205. The van der Waals surface area contributed by atoms with Gasteiger partial charge in [-0.25, -0.2) is 68.1 Å². The number of anilines is 6. The Morgan fingerprint density at radius 3 is 1.33 bits per heavy atom. The molecule has 0 aliphatic rings. The summed E-state index contributed by atoms with van der Waals surface area (Å²) < 4.78 is 241. The van der Waals surface area contributed by atoms with Crippen LogP contribution in [0.25, 0.3) is 0 Å². The SMILES string of the molecule is CCOc1ccc(S(=O)(=O)Nc2c(F)cccc2F)cc1Cl.CCOc1ccc(S(=O)(=O)Nc2cccc(Cl)c2C)cc1C.COc1ccc(F)cc1S(=O)(=O)Nc1ccc(Cl)cc1.COc1ccc(S(=O)(=O)Nc2cc(Cl)ccc2Cl)c(C)c1C.COc1ccc(S(=O)(=O)Nc2ccccc2)cc1F.O=S(=O)(Nc1ccc(O)cc1)c1cc(Cl)ccc1Cl. The first-order valence-electron chi connectivity index (χ1n) is 35.6. The molecular formula is C83H77Cl7F4N6O18S6. The minimum Gasteiger partial charge on any atom is -0.508 e. The summed E-state index contributed by atoms with van der Waals surface area (Å²) in [7, 11) is -19.0. The number of halogens is 11. The van der Waals surface area contributed by atoms with E-state index < -0.39 is 89.1 Å². The maximum Gasteiger partial charge on any atom is 0.265 e. The van der Waals surface area contributed by atoms with E-state index in [4.69, 9.17) is 110 Å². The fourth-order valence-electron chi connectivity index (χ4n) is 10.3. The molecule has 0 heterocycles. The van der Waals surface area contributed by atoms with Crippen LogP contribution in [0.15, 0.2) is 266 Å². The molecule has 0 fully saturated rings. The van der Waals surface area contributed by atoms with Crippen molar-refractivity contribution in [2.45, 2.75) is 70.9 Å². The van der Waals surface area contributed by atoms with Crippen LogP contribution in [0.1, 0.15) is 36.1 Å². The standard InChI is InChI=1S/C16H18ClNO3S.C15H15Cl2NO3S.C14H12ClF2NO3S.C13H11ClFNO3S.C13H12FNO3S.C12H9Cl2NO3S/c1-4-21-16-9-8-13(10-11(16)2)22(19,20)18-15-7-5-6-14(17)12(15)3;1-9-10(2)15(7-6-14(9)21-3)22(19,20)18-13-8-11(16)4-5-12(13)17;1-2-21-13-7-6-9(8-10(13)15)22(19,20)18-14-11(16)4-3-5-12(14)17;1-19-12-7-4-10(15)8-13(12)20(17,18)16-11-5-2-9(14)3-6-11;1-18-13-8-7-11(9-12(13)14)19(16,17)15-10-5-3-2-4-6-10;13-8-1-6-11(14)12(7-8)19(17,18)15-9-2-4-10(16)5-3-9/h5-10,18H,4H2,1-3H3;4-8,18H,1-3H3;3-8,18H,2H2,1H3;2-8,16H,1H3;2-9,15H,1H3;1-7,15-16H. The molecule has 0 aromatic heterocycles. The van der Waals surface area contributed by atoms with Gasteiger partial charge in [-0.15, -0.1) is 0 Å². The lowest BCUT2D eigenvalue weighted by Crippen LogP contribution is -2.15. The van der Waals surface area contributed by atoms with Gasteiger partial charge in [0.15, 0.2) is 11.6 Å². The normalized spacial score (nSPS) is 11.2. The minimum absolute atomic E-state index is 0.00124. The molecule has 24 nitrogen and oxygen atoms in total. The maximum atomic E-state index is 13.5. The van der Waals surface area contributed by atoms with E-state index in [1.54, 1.807) is 120 Å². The Morgan fingerprint density at radius 2 is 0.766 bits per heavy atom. The number of benzene rings is 12. The molecule has 0 saturated carbocycles. The van der Waals surface area contributed by atoms with Crippen LogP contribution in [0.3, 0.4) is 0 Å². The Hall–Kier alpha value is -10.3. The summed E-state index contributed by atoms with van der Waals surface area (Å²) in [5, 5.41) is 11.2. The van der Waals surface area contributed by atoms with E-state index in [9.17, 15) is 68.1 Å². The van der Waals surface area contributed by atoms with E-state index >= 15 is 0 Å². The first kappa shape index (κ1) is 101. The van der Waals surface area contributed by atoms with Gasteiger partial charge in [-0.05, 0) is 270 Å². The highest BCUT2D eigenvalue weighted by atomic mass is 35.5. The fraction of sp³-hybridized carbons (Fsp3) is 0.133. The number of methoxy groups -OCH3 is 3. The largest absolute Gasteiger partial charge is 0.508 e. The van der Waals surface area contributed by atoms with Crippen molar-refractivity contribution >= 4 is 175 Å². The predicted molar refractivity (Wildman–Crippen MR) is 480 cm³/mol. The Kier molecular flexibility index (Phi) is 36.6. The molecule has 0 unspecified atom stereocenters. The van der Waals surface area contributed by atoms with Crippen LogP contribution >= 0.6 is 81.2 Å². The summed E-state index contributed by atoms with van der Waals surface area (Å²) >= 11 is 41.2. The van der Waals surface area contributed by atoms with Gasteiger partial charge in [0.1, 0.15) is 61.7 Å². The zero-order valence-electron chi connectivity index (χ0n) is 66.4. The lowest BCUT2D eigenvalue weighted by atomic mass is 10.1. The number of ether oxygens (including phenoxy) is 5. The summed E-state index contributed by atoms with van der Waals surface area (Å²) in [6, 6.07) is 55.4. The van der Waals surface area contributed by atoms with E-state index in [1.807, 2.05) is 18.6 Å². The highest BCUT2D eigenvalue weighted by Crippen LogP contribution is 2.36. The molecule has 12 aromatic carbocycles. The molecule has 0 spiro atoms. The van der Waals surface area contributed by atoms with Crippen molar-refractivity contribution in [3.63, 3.8) is 0 Å². The van der Waals surface area contributed by atoms with Crippen molar-refractivity contribution in [3.8, 4) is 34.5 Å². The molecule has 124 heavy (non-hydrogen) atoms. The topological polar surface area (TPSA) is 343 Å². The van der Waals surface area contributed by atoms with Crippen LogP contribution in [-0.2, 0) is 60.1 Å². The summed E-state index contributed by atoms with van der Waals surface area (Å²) in [6.07, 6.45) is 0. The molecule has 0 aliphatic carbocycles. The molecule has 0 amide bonds. The second kappa shape index (κ2) is 45.0. The molecule has 0 aliphatic heterocycles. The first-order chi connectivity index (χ1) is 58.3. The van der Waals surface area contributed by atoms with Gasteiger partial charge >= 0.3 is 0 Å². The number of hydrogen-bond acceptors (Lipinski definition) is 18. The third kappa shape index (κ3) is 28.6. The first-order valence-corrected chi connectivity index (χ1v) is 47.2. The third-order valence-electron chi connectivity index (χ3n) is 16.6. The number of sulfonamides is 6. The number of phenolic OH excluding ortho intramolecular Hbond substituents is 1. The van der Waals surface area contributed by atoms with Gasteiger partial charge < -0.3 is 28.8 Å². The number of aryl methyl sites for hydroxylation is 1. The number of rotatable bonds is 25. The number of nitrogens with one attached hydrogen (secondary N) is 6. The Morgan fingerprint density at radius 1 is 0.315 bits per heavy atom. The van der Waals surface area contributed by atoms with Gasteiger partial charge in [0.25, 0.3) is 60.1 Å². The summed E-state index contributed by atoms with van der Waals surface area (Å²) in [4.78, 5) is -0.405. The van der Waals surface area contributed by atoms with Gasteiger partial charge in [0.2, 0.25) is 0 Å². The highest BCUT2D eigenvalue weighted by molar-refractivity contribution is 7.94. The van der Waals surface area contributed by atoms with E-state index in [2.05, 4.69) is 23.6 Å². The average molecular weight is 1960 g/mol. The molecular weight excluding hydrogens is 1890 g/mol. The van der Waals surface area contributed by atoms with E-state index in [1.165, 1.54) is 123 Å². The van der Waals surface area contributed by atoms with Crippen LogP contribution < -0.4 is 52.0 Å². The molecule has 0 saturated heterocycles. The third-order valence-corrected chi connectivity index (χ3v) is 27.2. The van der Waals surface area contributed by atoms with Crippen LogP contribution in [0.5, 0.6) is 34.5 Å². The van der Waals surface area contributed by atoms with Crippen LogP contribution in [0.2, 0.25) is 35.2 Å². The van der Waals surface area contributed by atoms with Gasteiger partial charge in [0.05, 0.1) is 80.6 Å². The molecule has 41 heteroatoms. The van der Waals surface area contributed by atoms with E-state index in [0.717, 1.165) is 53.6 Å². The molecule has 12 rings (SSSR count). The summed E-state index contributed by atoms with van der Waals surface area (Å²) in [6.45, 7) is 11.7. The van der Waals surface area contributed by atoms with E-state index in [-0.39, 0.29) is 72.4 Å². The van der Waals surface area contributed by atoms with E-state index in [0.29, 0.717) is 79.4 Å². The monoisotopic (exact) mass is 1960 g/mol. The molecule has 0 bridgehead atoms. The van der Waals surface area contributed by atoms with Crippen LogP contribution in [0, 0.1) is 51.0 Å². The van der Waals surface area contributed by atoms with Crippen LogP contribution in [-0.4, -0.2) is 90.2 Å². The lowest BCUT2D eigenvalue weighted by Gasteiger charge is -2.15. The second-order valence-corrected chi connectivity index (χ2v) is 38.2. The van der Waals surface area contributed by atoms with Crippen molar-refractivity contribution in [1.29, 1.82) is 0 Å². The predicted octanol–water partition coefficient (Wildman–Crippen LogP) is 21.8. The maximum absolute atomic E-state index is 13.5.